The topological polar surface area (TPSA) is 48.4 Å². The maximum absolute atomic E-state index is 13.1. The van der Waals surface area contributed by atoms with Gasteiger partial charge in [0, 0.05) is 18.0 Å². The molecule has 4 nitrogen and oxygen atoms in total. The molecule has 0 spiro atoms. The van der Waals surface area contributed by atoms with E-state index in [0.29, 0.717) is 16.5 Å². The van der Waals surface area contributed by atoms with Crippen LogP contribution in [-0.4, -0.2) is 17.2 Å². The smallest absolute Gasteiger partial charge is 0.331 e. The SMILES string of the molecule is CN(O)c1cccc(-c2csc(Nc3ccccc3C(F)(F)F)n2)c1. The lowest BCUT2D eigenvalue weighted by Gasteiger charge is -2.12. The summed E-state index contributed by atoms with van der Waals surface area (Å²) < 4.78 is 39.2. The van der Waals surface area contributed by atoms with Gasteiger partial charge in [-0.1, -0.05) is 24.3 Å². The molecule has 1 aromatic heterocycles. The number of hydrogen-bond donors (Lipinski definition) is 2. The molecule has 130 valence electrons. The summed E-state index contributed by atoms with van der Waals surface area (Å²) in [6.07, 6.45) is -4.44. The van der Waals surface area contributed by atoms with E-state index in [9.17, 15) is 18.4 Å². The lowest BCUT2D eigenvalue weighted by Crippen LogP contribution is -2.09. The average Bonchev–Trinajstić information content (AvgIpc) is 3.03. The van der Waals surface area contributed by atoms with E-state index in [1.807, 2.05) is 6.07 Å². The summed E-state index contributed by atoms with van der Waals surface area (Å²) in [4.78, 5) is 4.34. The molecular weight excluding hydrogens is 351 g/mol. The summed E-state index contributed by atoms with van der Waals surface area (Å²) in [5.41, 5.74) is 1.17. The van der Waals surface area contributed by atoms with Crippen molar-refractivity contribution in [2.75, 3.05) is 17.4 Å². The van der Waals surface area contributed by atoms with E-state index in [0.717, 1.165) is 16.7 Å². The molecule has 0 saturated heterocycles. The molecule has 0 aliphatic rings. The highest BCUT2D eigenvalue weighted by Gasteiger charge is 2.33. The van der Waals surface area contributed by atoms with Crippen molar-refractivity contribution < 1.29 is 18.4 Å². The van der Waals surface area contributed by atoms with Gasteiger partial charge in [-0.2, -0.15) is 13.2 Å². The Hall–Kier alpha value is -2.58. The van der Waals surface area contributed by atoms with E-state index in [4.69, 9.17) is 0 Å². The first kappa shape index (κ1) is 17.2. The third-order valence-corrected chi connectivity index (χ3v) is 4.25. The molecule has 0 fully saturated rings. The van der Waals surface area contributed by atoms with Gasteiger partial charge >= 0.3 is 6.18 Å². The lowest BCUT2D eigenvalue weighted by atomic mass is 10.1. The second-order valence-electron chi connectivity index (χ2n) is 5.28. The maximum Gasteiger partial charge on any atom is 0.418 e. The number of hydroxylamine groups is 1. The van der Waals surface area contributed by atoms with E-state index in [1.165, 1.54) is 36.6 Å². The third kappa shape index (κ3) is 3.92. The van der Waals surface area contributed by atoms with Gasteiger partial charge in [0.1, 0.15) is 0 Å². The number of anilines is 3. The summed E-state index contributed by atoms with van der Waals surface area (Å²) in [6, 6.07) is 12.3. The number of halogens is 3. The number of thiazole rings is 1. The Balaban J connectivity index is 1.87. The van der Waals surface area contributed by atoms with Crippen LogP contribution in [0.3, 0.4) is 0 Å². The van der Waals surface area contributed by atoms with Crippen LogP contribution >= 0.6 is 11.3 Å². The fourth-order valence-corrected chi connectivity index (χ4v) is 3.02. The van der Waals surface area contributed by atoms with Gasteiger partial charge in [-0.05, 0) is 24.3 Å². The molecular formula is C17H14F3N3OS. The van der Waals surface area contributed by atoms with Gasteiger partial charge in [-0.3, -0.25) is 10.3 Å². The highest BCUT2D eigenvalue weighted by atomic mass is 32.1. The summed E-state index contributed by atoms with van der Waals surface area (Å²) in [5.74, 6) is 0. The number of nitrogens with one attached hydrogen (secondary N) is 1. The molecule has 0 bridgehead atoms. The minimum atomic E-state index is -4.44. The quantitative estimate of drug-likeness (QED) is 0.608. The van der Waals surface area contributed by atoms with Crippen LogP contribution < -0.4 is 10.4 Å². The molecule has 3 rings (SSSR count). The lowest BCUT2D eigenvalue weighted by molar-refractivity contribution is -0.136. The number of alkyl halides is 3. The van der Waals surface area contributed by atoms with E-state index in [1.54, 1.807) is 23.6 Å². The summed E-state index contributed by atoms with van der Waals surface area (Å²) in [6.45, 7) is 0. The summed E-state index contributed by atoms with van der Waals surface area (Å²) >= 11 is 1.21. The van der Waals surface area contributed by atoms with Crippen molar-refractivity contribution in [3.8, 4) is 11.3 Å². The van der Waals surface area contributed by atoms with Crippen molar-refractivity contribution in [2.24, 2.45) is 0 Å². The molecule has 0 radical (unpaired) electrons. The van der Waals surface area contributed by atoms with Crippen molar-refractivity contribution in [1.29, 1.82) is 0 Å². The van der Waals surface area contributed by atoms with Crippen LogP contribution in [0.15, 0.2) is 53.9 Å². The predicted octanol–water partition coefficient (Wildman–Crippen LogP) is 5.40. The molecule has 0 amide bonds. The fraction of sp³-hybridized carbons (Fsp3) is 0.118. The third-order valence-electron chi connectivity index (χ3n) is 3.49. The zero-order chi connectivity index (χ0) is 18.0. The van der Waals surface area contributed by atoms with Crippen LogP contribution in [0.4, 0.5) is 29.7 Å². The second kappa shape index (κ2) is 6.73. The summed E-state index contributed by atoms with van der Waals surface area (Å²) in [5, 5.41) is 15.3. The largest absolute Gasteiger partial charge is 0.418 e. The van der Waals surface area contributed by atoms with Crippen LogP contribution in [-0.2, 0) is 6.18 Å². The summed E-state index contributed by atoms with van der Waals surface area (Å²) in [7, 11) is 1.50. The number of benzene rings is 2. The number of rotatable bonds is 4. The van der Waals surface area contributed by atoms with Gasteiger partial charge < -0.3 is 5.32 Å². The van der Waals surface area contributed by atoms with Crippen LogP contribution in [0.1, 0.15) is 5.56 Å². The molecule has 1 heterocycles. The normalized spacial score (nSPS) is 11.4. The number of nitrogens with zero attached hydrogens (tertiary/aromatic N) is 2. The first-order valence-corrected chi connectivity index (χ1v) is 8.14. The van der Waals surface area contributed by atoms with E-state index in [-0.39, 0.29) is 5.69 Å². The fourth-order valence-electron chi connectivity index (χ4n) is 2.28. The Morgan fingerprint density at radius 2 is 1.88 bits per heavy atom. The molecule has 2 N–H and O–H groups in total. The van der Waals surface area contributed by atoms with Crippen molar-refractivity contribution in [1.82, 2.24) is 4.98 Å². The molecule has 0 aliphatic carbocycles. The van der Waals surface area contributed by atoms with Crippen molar-refractivity contribution in [2.45, 2.75) is 6.18 Å². The Kier molecular flexibility index (Phi) is 4.65. The first-order valence-electron chi connectivity index (χ1n) is 7.26. The van der Waals surface area contributed by atoms with Crippen molar-refractivity contribution >= 4 is 27.8 Å². The van der Waals surface area contributed by atoms with Crippen molar-refractivity contribution in [3.05, 3.63) is 59.5 Å². The van der Waals surface area contributed by atoms with Gasteiger partial charge in [0.25, 0.3) is 0 Å². The monoisotopic (exact) mass is 365 g/mol. The Bertz CT molecular complexity index is 877. The number of aromatic nitrogens is 1. The Morgan fingerprint density at radius 3 is 2.60 bits per heavy atom. The second-order valence-corrected chi connectivity index (χ2v) is 6.14. The molecule has 0 saturated carbocycles. The Morgan fingerprint density at radius 1 is 1.12 bits per heavy atom. The van der Waals surface area contributed by atoms with E-state index >= 15 is 0 Å². The van der Waals surface area contributed by atoms with Crippen LogP contribution in [0.2, 0.25) is 0 Å². The standard InChI is InChI=1S/C17H14F3N3OS/c1-23(24)12-6-4-5-11(9-12)15-10-25-16(22-15)21-14-8-3-2-7-13(14)17(18,19)20/h2-10,24H,1H3,(H,21,22). The predicted molar refractivity (Wildman–Crippen MR) is 92.5 cm³/mol. The van der Waals surface area contributed by atoms with Gasteiger partial charge in [0.2, 0.25) is 0 Å². The average molecular weight is 365 g/mol. The molecule has 8 heteroatoms. The minimum Gasteiger partial charge on any atom is -0.331 e. The van der Waals surface area contributed by atoms with Gasteiger partial charge in [-0.15, -0.1) is 11.3 Å². The molecule has 2 aromatic carbocycles. The molecule has 0 aliphatic heterocycles. The van der Waals surface area contributed by atoms with E-state index in [2.05, 4.69) is 10.3 Å². The van der Waals surface area contributed by atoms with Gasteiger partial charge in [0.15, 0.2) is 5.13 Å². The highest BCUT2D eigenvalue weighted by molar-refractivity contribution is 7.14. The van der Waals surface area contributed by atoms with E-state index < -0.39 is 11.7 Å². The Labute approximate surface area is 146 Å². The number of para-hydroxylation sites is 1. The zero-order valence-corrected chi connectivity index (χ0v) is 13.9. The van der Waals surface area contributed by atoms with Crippen LogP contribution in [0.25, 0.3) is 11.3 Å². The van der Waals surface area contributed by atoms with Gasteiger partial charge in [-0.25, -0.2) is 4.98 Å². The molecule has 0 atom stereocenters. The molecule has 3 aromatic rings. The molecule has 25 heavy (non-hydrogen) atoms. The highest BCUT2D eigenvalue weighted by Crippen LogP contribution is 2.37. The molecule has 0 unspecified atom stereocenters. The first-order chi connectivity index (χ1) is 11.8. The van der Waals surface area contributed by atoms with Crippen LogP contribution in [0, 0.1) is 0 Å². The van der Waals surface area contributed by atoms with Crippen LogP contribution in [0.5, 0.6) is 0 Å². The zero-order valence-electron chi connectivity index (χ0n) is 13.1. The number of hydrogen-bond acceptors (Lipinski definition) is 5. The van der Waals surface area contributed by atoms with Gasteiger partial charge in [0.05, 0.1) is 22.6 Å². The maximum atomic E-state index is 13.1. The van der Waals surface area contributed by atoms with Crippen molar-refractivity contribution in [3.63, 3.8) is 0 Å². The minimum absolute atomic E-state index is 0.0419.